The highest BCUT2D eigenvalue weighted by Crippen LogP contribution is 2.76. The van der Waals surface area contributed by atoms with Crippen LogP contribution < -0.4 is 0 Å². The van der Waals surface area contributed by atoms with E-state index in [2.05, 4.69) is 41.2 Å². The zero-order chi connectivity index (χ0) is 23.6. The molecule has 0 aromatic heterocycles. The Morgan fingerprint density at radius 3 is 2.12 bits per heavy atom. The van der Waals surface area contributed by atoms with Gasteiger partial charge in [-0.25, -0.2) is 0 Å². The van der Waals surface area contributed by atoms with E-state index in [9.17, 15) is 10.2 Å². The van der Waals surface area contributed by atoms with E-state index in [1.54, 1.807) is 6.08 Å². The van der Waals surface area contributed by atoms with Crippen LogP contribution in [0.4, 0.5) is 0 Å². The molecule has 7 unspecified atom stereocenters. The molecule has 5 rings (SSSR count). The van der Waals surface area contributed by atoms with E-state index < -0.39 is 0 Å². The van der Waals surface area contributed by atoms with E-state index in [0.717, 1.165) is 24.2 Å². The zero-order valence-electron chi connectivity index (χ0n) is 22.1. The molecule has 184 valence electrons. The van der Waals surface area contributed by atoms with Crippen molar-refractivity contribution in [3.8, 4) is 0 Å². The van der Waals surface area contributed by atoms with Crippen molar-refractivity contribution in [1.29, 1.82) is 0 Å². The van der Waals surface area contributed by atoms with E-state index in [1.165, 1.54) is 64.2 Å². The highest BCUT2D eigenvalue weighted by atomic mass is 16.3. The van der Waals surface area contributed by atoms with Gasteiger partial charge < -0.3 is 10.2 Å². The third kappa shape index (κ3) is 3.10. The van der Waals surface area contributed by atoms with Gasteiger partial charge in [0.25, 0.3) is 0 Å². The second-order valence-electron chi connectivity index (χ2n) is 14.0. The summed E-state index contributed by atoms with van der Waals surface area (Å²) in [5, 5.41) is 21.2. The van der Waals surface area contributed by atoms with E-state index in [1.807, 2.05) is 6.92 Å². The molecule has 2 N–H and O–H groups in total. The summed E-state index contributed by atoms with van der Waals surface area (Å²) >= 11 is 0. The minimum absolute atomic E-state index is 0.0517. The number of hydrogen-bond acceptors (Lipinski definition) is 2. The third-order valence-electron chi connectivity index (χ3n) is 12.8. The van der Waals surface area contributed by atoms with Crippen molar-refractivity contribution in [3.63, 3.8) is 0 Å². The lowest BCUT2D eigenvalue weighted by Crippen LogP contribution is -2.66. The summed E-state index contributed by atoms with van der Waals surface area (Å²) in [5.41, 5.74) is 1.54. The van der Waals surface area contributed by atoms with Gasteiger partial charge in [-0.3, -0.25) is 0 Å². The molecule has 0 saturated heterocycles. The minimum atomic E-state index is -0.129. The number of aliphatic hydroxyl groups excluding tert-OH is 2. The van der Waals surface area contributed by atoms with Gasteiger partial charge in [0, 0.05) is 6.61 Å². The average Bonchev–Trinajstić information content (AvgIpc) is 3.17. The van der Waals surface area contributed by atoms with E-state index in [4.69, 9.17) is 0 Å². The summed E-state index contributed by atoms with van der Waals surface area (Å²) in [6, 6.07) is 0. The van der Waals surface area contributed by atoms with E-state index >= 15 is 0 Å². The summed E-state index contributed by atoms with van der Waals surface area (Å²) in [5.74, 6) is 3.03. The number of hydrogen-bond donors (Lipinski definition) is 2. The van der Waals surface area contributed by atoms with Crippen LogP contribution in [0.15, 0.2) is 12.7 Å². The van der Waals surface area contributed by atoms with Gasteiger partial charge in [-0.15, -0.1) is 6.58 Å². The van der Waals surface area contributed by atoms with Gasteiger partial charge in [0.15, 0.2) is 0 Å². The van der Waals surface area contributed by atoms with Crippen LogP contribution in [0.25, 0.3) is 0 Å². The summed E-state index contributed by atoms with van der Waals surface area (Å²) in [7, 11) is 0. The van der Waals surface area contributed by atoms with Crippen molar-refractivity contribution in [2.24, 2.45) is 50.7 Å². The number of rotatable bonds is 1. The van der Waals surface area contributed by atoms with Crippen LogP contribution in [0.5, 0.6) is 0 Å². The van der Waals surface area contributed by atoms with Crippen LogP contribution in [0.2, 0.25) is 0 Å². The molecular weight excluding hydrogens is 392 g/mol. The molecule has 0 aliphatic heterocycles. The zero-order valence-corrected chi connectivity index (χ0v) is 22.1. The lowest BCUT2D eigenvalue weighted by atomic mass is 9.32. The molecular formula is C30H52O2. The molecule has 2 heteroatoms. The fourth-order valence-electron chi connectivity index (χ4n) is 11.0. The first-order valence-electron chi connectivity index (χ1n) is 13.8. The first kappa shape index (κ1) is 24.8. The van der Waals surface area contributed by atoms with E-state index in [0.29, 0.717) is 28.8 Å². The average molecular weight is 445 g/mol. The molecule has 5 aliphatic rings. The van der Waals surface area contributed by atoms with Gasteiger partial charge >= 0.3 is 0 Å². The van der Waals surface area contributed by atoms with Crippen LogP contribution in [0.1, 0.15) is 112 Å². The summed E-state index contributed by atoms with van der Waals surface area (Å²) < 4.78 is 0. The van der Waals surface area contributed by atoms with Gasteiger partial charge in [-0.05, 0) is 122 Å². The second kappa shape index (κ2) is 8.11. The SMILES string of the molecule is C=CC.CC1(C)C(O)CCC2(C)C1CCC1(C)C2CCC2[C@H]3CCCC3(CO)CC[C@]21C. The number of allylic oxidation sites excluding steroid dienone is 1. The smallest absolute Gasteiger partial charge is 0.0594 e. The topological polar surface area (TPSA) is 40.5 Å². The van der Waals surface area contributed by atoms with Crippen LogP contribution in [0.3, 0.4) is 0 Å². The van der Waals surface area contributed by atoms with Crippen molar-refractivity contribution >= 4 is 0 Å². The first-order chi connectivity index (χ1) is 15.0. The van der Waals surface area contributed by atoms with Crippen LogP contribution >= 0.6 is 0 Å². The number of fused-ring (bicyclic) bond motifs is 7. The Balaban J connectivity index is 0.000000775. The molecule has 5 aliphatic carbocycles. The third-order valence-corrected chi connectivity index (χ3v) is 12.8. The van der Waals surface area contributed by atoms with Gasteiger partial charge in [-0.1, -0.05) is 47.1 Å². The fourth-order valence-corrected chi connectivity index (χ4v) is 11.0. The summed E-state index contributed by atoms with van der Waals surface area (Å²) in [4.78, 5) is 0. The Hall–Kier alpha value is -0.340. The largest absolute Gasteiger partial charge is 0.396 e. The molecule has 0 bridgehead atoms. The molecule has 0 radical (unpaired) electrons. The molecule has 0 aromatic rings. The highest BCUT2D eigenvalue weighted by Gasteiger charge is 2.69. The lowest BCUT2D eigenvalue weighted by molar-refractivity contribution is -0.247. The monoisotopic (exact) mass is 444 g/mol. The lowest BCUT2D eigenvalue weighted by Gasteiger charge is -2.72. The Morgan fingerprint density at radius 2 is 1.47 bits per heavy atom. The summed E-state index contributed by atoms with van der Waals surface area (Å²) in [6.45, 7) is 18.4. The standard InChI is InChI=1S/C27H46O2.C3H6/c1-23(2)20-10-14-26(5)21(24(20,3)13-11-22(23)29)9-8-18-19-7-6-12-27(19,17-28)16-15-25(18,26)4;1-3-2/h18-22,28-29H,6-17H2,1-5H3;3H,1H2,2H3/t18?,19-,20?,21?,22?,24?,25-,26?,27?;/m1./s1. The van der Waals surface area contributed by atoms with Gasteiger partial charge in [0.2, 0.25) is 0 Å². The molecule has 9 atom stereocenters. The first-order valence-corrected chi connectivity index (χ1v) is 13.8. The maximum atomic E-state index is 10.8. The van der Waals surface area contributed by atoms with Crippen molar-refractivity contribution in [2.45, 2.75) is 118 Å². The molecule has 5 fully saturated rings. The molecule has 0 amide bonds. The Morgan fingerprint density at radius 1 is 0.781 bits per heavy atom. The Bertz CT molecular complexity index is 714. The van der Waals surface area contributed by atoms with Gasteiger partial charge in [0.05, 0.1) is 6.10 Å². The second-order valence-corrected chi connectivity index (χ2v) is 14.0. The van der Waals surface area contributed by atoms with Crippen molar-refractivity contribution in [1.82, 2.24) is 0 Å². The van der Waals surface area contributed by atoms with Crippen LogP contribution in [0, 0.1) is 50.7 Å². The molecule has 32 heavy (non-hydrogen) atoms. The predicted octanol–water partition coefficient (Wildman–Crippen LogP) is 7.39. The normalized spacial score (nSPS) is 53.6. The van der Waals surface area contributed by atoms with Crippen LogP contribution in [-0.2, 0) is 0 Å². The Kier molecular flexibility index (Phi) is 6.28. The van der Waals surface area contributed by atoms with Gasteiger partial charge in [0.1, 0.15) is 0 Å². The van der Waals surface area contributed by atoms with Crippen molar-refractivity contribution in [2.75, 3.05) is 6.61 Å². The van der Waals surface area contributed by atoms with Gasteiger partial charge in [-0.2, -0.15) is 0 Å². The maximum Gasteiger partial charge on any atom is 0.0594 e. The predicted molar refractivity (Wildman–Crippen MR) is 134 cm³/mol. The highest BCUT2D eigenvalue weighted by molar-refractivity contribution is 5.18. The minimum Gasteiger partial charge on any atom is -0.396 e. The molecule has 0 heterocycles. The Labute approximate surface area is 198 Å². The fraction of sp³-hybridized carbons (Fsp3) is 0.933. The van der Waals surface area contributed by atoms with Crippen molar-refractivity contribution in [3.05, 3.63) is 12.7 Å². The molecule has 0 aromatic carbocycles. The van der Waals surface area contributed by atoms with Crippen molar-refractivity contribution < 1.29 is 10.2 Å². The maximum absolute atomic E-state index is 10.8. The molecule has 5 saturated carbocycles. The quantitative estimate of drug-likeness (QED) is 0.414. The molecule has 2 nitrogen and oxygen atoms in total. The van der Waals surface area contributed by atoms with E-state index in [-0.39, 0.29) is 16.9 Å². The summed E-state index contributed by atoms with van der Waals surface area (Å²) in [6.07, 6.45) is 15.8. The number of aliphatic hydroxyl groups is 2. The van der Waals surface area contributed by atoms with Crippen LogP contribution in [-0.4, -0.2) is 22.9 Å². The molecule has 0 spiro atoms.